The van der Waals surface area contributed by atoms with E-state index in [1.807, 2.05) is 24.4 Å². The second-order valence-corrected chi connectivity index (χ2v) is 6.26. The molecular weight excluding hydrogens is 276 g/mol. The second-order valence-electron chi connectivity index (χ2n) is 5.23. The van der Waals surface area contributed by atoms with Gasteiger partial charge >= 0.3 is 5.97 Å². The summed E-state index contributed by atoms with van der Waals surface area (Å²) in [5.74, 6) is -0.853. The third kappa shape index (κ3) is 3.80. The lowest BCUT2D eigenvalue weighted by Crippen LogP contribution is -2.52. The molecule has 0 saturated carbocycles. The van der Waals surface area contributed by atoms with Crippen molar-refractivity contribution in [2.75, 3.05) is 13.1 Å². The summed E-state index contributed by atoms with van der Waals surface area (Å²) in [5.41, 5.74) is 0. The Kier molecular flexibility index (Phi) is 5.14. The standard InChI is InChI=1S/C14H20N2O3S/c1-10-4-2-6-16(13(10)14(18)19)9-12(17)15-8-11-5-3-7-20-11/h3,5,7,10,13H,2,4,6,8-9H2,1H3,(H,15,17)(H,18,19). The number of carbonyl (C=O) groups is 2. The smallest absolute Gasteiger partial charge is 0.321 e. The minimum Gasteiger partial charge on any atom is -0.480 e. The molecule has 2 unspecified atom stereocenters. The van der Waals surface area contributed by atoms with Gasteiger partial charge in [0.25, 0.3) is 0 Å². The number of thiophene rings is 1. The lowest BCUT2D eigenvalue weighted by atomic mass is 9.91. The van der Waals surface area contributed by atoms with E-state index < -0.39 is 12.0 Å². The van der Waals surface area contributed by atoms with Crippen LogP contribution in [0.5, 0.6) is 0 Å². The average Bonchev–Trinajstić information content (AvgIpc) is 2.89. The van der Waals surface area contributed by atoms with Gasteiger partial charge in [0.2, 0.25) is 5.91 Å². The first-order valence-electron chi connectivity index (χ1n) is 6.84. The van der Waals surface area contributed by atoms with Crippen LogP contribution in [0.4, 0.5) is 0 Å². The summed E-state index contributed by atoms with van der Waals surface area (Å²) < 4.78 is 0. The van der Waals surface area contributed by atoms with E-state index >= 15 is 0 Å². The highest BCUT2D eigenvalue weighted by molar-refractivity contribution is 7.09. The molecule has 0 aliphatic carbocycles. The summed E-state index contributed by atoms with van der Waals surface area (Å²) in [6.45, 7) is 3.28. The third-order valence-electron chi connectivity index (χ3n) is 3.68. The molecule has 1 aliphatic heterocycles. The van der Waals surface area contributed by atoms with Gasteiger partial charge in [0.1, 0.15) is 6.04 Å². The number of nitrogens with zero attached hydrogens (tertiary/aromatic N) is 1. The Morgan fingerprint density at radius 3 is 3.00 bits per heavy atom. The number of hydrogen-bond acceptors (Lipinski definition) is 4. The summed E-state index contributed by atoms with van der Waals surface area (Å²) in [4.78, 5) is 26.1. The lowest BCUT2D eigenvalue weighted by molar-refractivity contribution is -0.147. The topological polar surface area (TPSA) is 69.6 Å². The maximum Gasteiger partial charge on any atom is 0.321 e. The molecule has 2 heterocycles. The van der Waals surface area contributed by atoms with Crippen LogP contribution in [-0.4, -0.2) is 41.0 Å². The molecule has 0 spiro atoms. The van der Waals surface area contributed by atoms with Gasteiger partial charge in [-0.25, -0.2) is 0 Å². The first-order valence-corrected chi connectivity index (χ1v) is 7.72. The van der Waals surface area contributed by atoms with Gasteiger partial charge < -0.3 is 10.4 Å². The number of carboxylic acids is 1. The molecule has 6 heteroatoms. The number of carboxylic acid groups (broad SMARTS) is 1. The summed E-state index contributed by atoms with van der Waals surface area (Å²) in [6, 6.07) is 3.36. The number of amides is 1. The van der Waals surface area contributed by atoms with Crippen molar-refractivity contribution in [3.8, 4) is 0 Å². The van der Waals surface area contributed by atoms with Gasteiger partial charge in [-0.15, -0.1) is 11.3 Å². The van der Waals surface area contributed by atoms with Gasteiger partial charge in [-0.05, 0) is 36.8 Å². The predicted octanol–water partition coefficient (Wildman–Crippen LogP) is 1.55. The minimum absolute atomic E-state index is 0.0892. The van der Waals surface area contributed by atoms with E-state index in [2.05, 4.69) is 5.32 Å². The van der Waals surface area contributed by atoms with Gasteiger partial charge in [-0.1, -0.05) is 13.0 Å². The molecule has 1 amide bonds. The molecule has 20 heavy (non-hydrogen) atoms. The summed E-state index contributed by atoms with van der Waals surface area (Å²) in [6.07, 6.45) is 1.85. The average molecular weight is 296 g/mol. The fraction of sp³-hybridized carbons (Fsp3) is 0.571. The van der Waals surface area contributed by atoms with Crippen LogP contribution < -0.4 is 5.32 Å². The molecular formula is C14H20N2O3S. The van der Waals surface area contributed by atoms with Gasteiger partial charge in [0, 0.05) is 4.88 Å². The molecule has 5 nitrogen and oxygen atoms in total. The summed E-state index contributed by atoms with van der Waals surface area (Å²) >= 11 is 1.59. The van der Waals surface area contributed by atoms with Crippen molar-refractivity contribution in [3.63, 3.8) is 0 Å². The van der Waals surface area contributed by atoms with E-state index in [-0.39, 0.29) is 18.4 Å². The Bertz CT molecular complexity index is 461. The van der Waals surface area contributed by atoms with Crippen LogP contribution in [0.15, 0.2) is 17.5 Å². The van der Waals surface area contributed by atoms with E-state index in [4.69, 9.17) is 0 Å². The first-order chi connectivity index (χ1) is 9.58. The molecule has 110 valence electrons. The van der Waals surface area contributed by atoms with E-state index in [0.29, 0.717) is 13.1 Å². The number of aliphatic carboxylic acids is 1. The minimum atomic E-state index is -0.830. The van der Waals surface area contributed by atoms with Crippen LogP contribution in [0.2, 0.25) is 0 Å². The van der Waals surface area contributed by atoms with Crippen molar-refractivity contribution in [1.82, 2.24) is 10.2 Å². The van der Waals surface area contributed by atoms with Gasteiger partial charge in [0.15, 0.2) is 0 Å². The highest BCUT2D eigenvalue weighted by Crippen LogP contribution is 2.23. The number of rotatable bonds is 5. The molecule has 1 saturated heterocycles. The maximum absolute atomic E-state index is 11.9. The number of hydrogen-bond donors (Lipinski definition) is 2. The van der Waals surface area contributed by atoms with Gasteiger partial charge in [-0.3, -0.25) is 14.5 Å². The van der Waals surface area contributed by atoms with Crippen LogP contribution >= 0.6 is 11.3 Å². The molecule has 0 radical (unpaired) electrons. The van der Waals surface area contributed by atoms with Crippen molar-refractivity contribution in [2.24, 2.45) is 5.92 Å². The van der Waals surface area contributed by atoms with Gasteiger partial charge in [0.05, 0.1) is 13.1 Å². The van der Waals surface area contributed by atoms with Crippen molar-refractivity contribution in [3.05, 3.63) is 22.4 Å². The third-order valence-corrected chi connectivity index (χ3v) is 4.55. The second kappa shape index (κ2) is 6.85. The van der Waals surface area contributed by atoms with E-state index in [9.17, 15) is 14.7 Å². The predicted molar refractivity (Wildman–Crippen MR) is 77.6 cm³/mol. The van der Waals surface area contributed by atoms with Crippen molar-refractivity contribution < 1.29 is 14.7 Å². The zero-order valence-electron chi connectivity index (χ0n) is 11.5. The molecule has 2 atom stereocenters. The molecule has 0 aromatic carbocycles. The Balaban J connectivity index is 1.87. The van der Waals surface area contributed by atoms with E-state index in [1.54, 1.807) is 16.2 Å². The number of nitrogens with one attached hydrogen (secondary N) is 1. The van der Waals surface area contributed by atoms with Gasteiger partial charge in [-0.2, -0.15) is 0 Å². The Hall–Kier alpha value is -1.40. The zero-order valence-corrected chi connectivity index (χ0v) is 12.4. The molecule has 1 fully saturated rings. The monoisotopic (exact) mass is 296 g/mol. The number of carbonyl (C=O) groups excluding carboxylic acids is 1. The lowest BCUT2D eigenvalue weighted by Gasteiger charge is -2.36. The Morgan fingerprint density at radius 1 is 1.55 bits per heavy atom. The molecule has 0 bridgehead atoms. The highest BCUT2D eigenvalue weighted by Gasteiger charge is 2.34. The fourth-order valence-corrected chi connectivity index (χ4v) is 3.33. The summed E-state index contributed by atoms with van der Waals surface area (Å²) in [7, 11) is 0. The molecule has 1 aliphatic rings. The zero-order chi connectivity index (χ0) is 14.5. The summed E-state index contributed by atoms with van der Waals surface area (Å²) in [5, 5.41) is 14.1. The van der Waals surface area contributed by atoms with Crippen molar-refractivity contribution in [1.29, 1.82) is 0 Å². The number of piperidine rings is 1. The van der Waals surface area contributed by atoms with Crippen LogP contribution in [0.1, 0.15) is 24.6 Å². The van der Waals surface area contributed by atoms with Crippen LogP contribution in [-0.2, 0) is 16.1 Å². The van der Waals surface area contributed by atoms with Crippen molar-refractivity contribution in [2.45, 2.75) is 32.4 Å². The van der Waals surface area contributed by atoms with Crippen LogP contribution in [0.25, 0.3) is 0 Å². The van der Waals surface area contributed by atoms with E-state index in [0.717, 1.165) is 17.7 Å². The Labute approximate surface area is 122 Å². The molecule has 2 rings (SSSR count). The molecule has 1 aromatic rings. The normalized spacial score (nSPS) is 23.4. The first kappa shape index (κ1) is 15.0. The largest absolute Gasteiger partial charge is 0.480 e. The maximum atomic E-state index is 11.9. The quantitative estimate of drug-likeness (QED) is 0.865. The molecule has 1 aromatic heterocycles. The number of likely N-dealkylation sites (tertiary alicyclic amines) is 1. The fourth-order valence-electron chi connectivity index (χ4n) is 2.69. The highest BCUT2D eigenvalue weighted by atomic mass is 32.1. The van der Waals surface area contributed by atoms with Crippen LogP contribution in [0.3, 0.4) is 0 Å². The Morgan fingerprint density at radius 2 is 2.35 bits per heavy atom. The van der Waals surface area contributed by atoms with Crippen molar-refractivity contribution >= 4 is 23.2 Å². The van der Waals surface area contributed by atoms with E-state index in [1.165, 1.54) is 0 Å². The molecule has 2 N–H and O–H groups in total. The SMILES string of the molecule is CC1CCCN(CC(=O)NCc2cccs2)C1C(=O)O. The van der Waals surface area contributed by atoms with Crippen LogP contribution in [0, 0.1) is 5.92 Å².